The molecule has 2 saturated carbocycles. The highest BCUT2D eigenvalue weighted by atomic mass is 32.2. The molecule has 11 rings (SSSR count). The Balaban J connectivity index is 0.891. The lowest BCUT2D eigenvalue weighted by Gasteiger charge is -2.29. The number of carbonyl (C=O) groups excluding carboxylic acids is 2. The van der Waals surface area contributed by atoms with Gasteiger partial charge in [-0.05, 0) is 211 Å². The van der Waals surface area contributed by atoms with Crippen LogP contribution in [0, 0.1) is 11.8 Å². The van der Waals surface area contributed by atoms with Gasteiger partial charge in [0.1, 0.15) is 0 Å². The molecule has 8 aromatic carbocycles. The molecule has 8 aromatic rings. The summed E-state index contributed by atoms with van der Waals surface area (Å²) in [7, 11) is 0. The third-order valence-corrected chi connectivity index (χ3v) is 23.6. The zero-order valence-corrected chi connectivity index (χ0v) is 56.5. The second-order valence-corrected chi connectivity index (χ2v) is 31.1. The molecule has 0 saturated heterocycles. The van der Waals surface area contributed by atoms with Crippen LogP contribution in [0.25, 0.3) is 22.3 Å². The monoisotopic (exact) mass is 1240 g/mol. The van der Waals surface area contributed by atoms with Gasteiger partial charge in [0, 0.05) is 61.4 Å². The Kier molecular flexibility index (Phi) is 22.2. The third-order valence-electron chi connectivity index (χ3n) is 19.3. The van der Waals surface area contributed by atoms with Gasteiger partial charge in [0.2, 0.25) is 0 Å². The van der Waals surface area contributed by atoms with Gasteiger partial charge < -0.3 is 0 Å². The van der Waals surface area contributed by atoms with Crippen LogP contribution in [0.15, 0.2) is 209 Å². The van der Waals surface area contributed by atoms with Gasteiger partial charge in [0.05, 0.1) is 0 Å². The zero-order chi connectivity index (χ0) is 61.0. The number of carbonyl (C=O) groups is 2. The first-order chi connectivity index (χ1) is 42.9. The largest absolute Gasteiger partial charge is 0.288 e. The molecule has 3 aliphatic rings. The summed E-state index contributed by atoms with van der Waals surface area (Å²) in [6, 6.07) is 62.1. The molecule has 0 heterocycles. The molecule has 2 fully saturated rings. The average Bonchev–Trinajstić information content (AvgIpc) is 0.882. The maximum atomic E-state index is 16.1. The van der Waals surface area contributed by atoms with E-state index in [1.807, 2.05) is 0 Å². The van der Waals surface area contributed by atoms with Gasteiger partial charge in [0.15, 0.2) is 11.6 Å². The lowest BCUT2D eigenvalue weighted by Crippen LogP contribution is -2.24. The standard InChI is InChI=1S/C82H92O2S4/c1-7-10-13-16-19-58-24-44-68(45-25-58)85-72-52-53-73(86-69-46-38-65(39-47-69)63-34-30-61(31-35-63)59-26-20-56(21-27-59)17-14-11-8-2)77-76(72)80(83)78-74(54-55-75(79(78)81(77)84)88-71-50-42-67(43-51-71)82(4,5)6)87-70-48-40-66(41-49-70)64-36-32-62(33-37-64)60-28-22-57(23-29-60)18-15-12-9-3/h24-25,30-57,59-60H,7-23,26-29H2,1-6H3. The van der Waals surface area contributed by atoms with Crippen molar-refractivity contribution in [2.45, 2.75) is 233 Å². The van der Waals surface area contributed by atoms with Crippen molar-refractivity contribution >= 4 is 58.6 Å². The summed E-state index contributed by atoms with van der Waals surface area (Å²) in [5, 5.41) is 0. The molecule has 0 bridgehead atoms. The van der Waals surface area contributed by atoms with Gasteiger partial charge in [-0.15, -0.1) is 0 Å². The maximum absolute atomic E-state index is 16.1. The van der Waals surface area contributed by atoms with E-state index in [2.05, 4.69) is 211 Å². The van der Waals surface area contributed by atoms with E-state index in [9.17, 15) is 0 Å². The summed E-state index contributed by atoms with van der Waals surface area (Å²) < 4.78 is 0. The van der Waals surface area contributed by atoms with E-state index >= 15 is 9.59 Å². The molecule has 3 aliphatic carbocycles. The molecule has 6 heteroatoms. The number of fused-ring (bicyclic) bond motifs is 2. The van der Waals surface area contributed by atoms with Crippen molar-refractivity contribution < 1.29 is 9.59 Å². The van der Waals surface area contributed by atoms with E-state index in [1.54, 1.807) is 47.0 Å². The number of ketones is 2. The van der Waals surface area contributed by atoms with Gasteiger partial charge in [-0.25, -0.2) is 0 Å². The number of benzene rings is 8. The van der Waals surface area contributed by atoms with Gasteiger partial charge >= 0.3 is 0 Å². The molecule has 2 nitrogen and oxygen atoms in total. The third kappa shape index (κ3) is 16.0. The SMILES string of the molecule is CCCCCCc1ccc(Sc2ccc(Sc3ccc(-c4ccc(C5CCC(CCCCC)CC5)cc4)cc3)c3c2C(=O)c2c(Sc4ccc(-c5ccc(C6CCC(CCCCC)CC6)cc5)cc4)ccc(Sc4ccc(C(C)(C)C)cc4)c2C3=O)cc1. The van der Waals surface area contributed by atoms with Crippen LogP contribution in [-0.2, 0) is 11.8 Å². The Hall–Kier alpha value is -5.50. The van der Waals surface area contributed by atoms with Crippen LogP contribution in [0.4, 0.5) is 0 Å². The van der Waals surface area contributed by atoms with E-state index in [0.29, 0.717) is 34.1 Å². The summed E-state index contributed by atoms with van der Waals surface area (Å²) in [6.07, 6.45) is 27.5. The molecule has 0 radical (unpaired) electrons. The molecular weight excluding hydrogens is 1150 g/mol. The highest BCUT2D eigenvalue weighted by molar-refractivity contribution is 8.00. The zero-order valence-electron chi connectivity index (χ0n) is 53.3. The van der Waals surface area contributed by atoms with E-state index in [4.69, 9.17) is 0 Å². The van der Waals surface area contributed by atoms with E-state index < -0.39 is 0 Å². The molecule has 88 heavy (non-hydrogen) atoms. The highest BCUT2D eigenvalue weighted by Gasteiger charge is 2.38. The average molecular weight is 1240 g/mol. The molecule has 0 amide bonds. The maximum Gasteiger partial charge on any atom is 0.196 e. The molecule has 0 atom stereocenters. The number of unbranched alkanes of at least 4 members (excludes halogenated alkanes) is 7. The van der Waals surface area contributed by atoms with Crippen molar-refractivity contribution in [2.75, 3.05) is 0 Å². The predicted octanol–water partition coefficient (Wildman–Crippen LogP) is 25.5. The number of aryl methyl sites for hydroxylation is 1. The molecule has 0 N–H and O–H groups in total. The molecule has 456 valence electrons. The Bertz CT molecular complexity index is 3580. The second kappa shape index (κ2) is 30.5. The quantitative estimate of drug-likeness (QED) is 0.0531. The normalized spacial score (nSPS) is 17.7. The topological polar surface area (TPSA) is 34.1 Å². The molecule has 0 aliphatic heterocycles. The molecular formula is C82H92O2S4. The van der Waals surface area contributed by atoms with Crippen LogP contribution in [0.1, 0.15) is 236 Å². The van der Waals surface area contributed by atoms with Gasteiger partial charge in [-0.2, -0.15) is 0 Å². The van der Waals surface area contributed by atoms with Crippen LogP contribution >= 0.6 is 47.0 Å². The molecule has 0 unspecified atom stereocenters. The van der Waals surface area contributed by atoms with Gasteiger partial charge in [0.25, 0.3) is 0 Å². The number of hydrogen-bond donors (Lipinski definition) is 0. The predicted molar refractivity (Wildman–Crippen MR) is 377 cm³/mol. The number of hydrogen-bond acceptors (Lipinski definition) is 6. The van der Waals surface area contributed by atoms with Crippen LogP contribution in [0.3, 0.4) is 0 Å². The molecule has 0 spiro atoms. The van der Waals surface area contributed by atoms with Crippen LogP contribution in [0.2, 0.25) is 0 Å². The Morgan fingerprint density at radius 2 is 0.648 bits per heavy atom. The fourth-order valence-corrected chi connectivity index (χ4v) is 17.7. The van der Waals surface area contributed by atoms with Crippen molar-refractivity contribution in [3.63, 3.8) is 0 Å². The summed E-state index contributed by atoms with van der Waals surface area (Å²) in [5.74, 6) is 2.92. The minimum absolute atomic E-state index is 0.000583. The Morgan fingerprint density at radius 3 is 0.977 bits per heavy atom. The number of rotatable bonds is 25. The van der Waals surface area contributed by atoms with E-state index in [0.717, 1.165) is 57.4 Å². The highest BCUT2D eigenvalue weighted by Crippen LogP contribution is 2.49. The summed E-state index contributed by atoms with van der Waals surface area (Å²) in [6.45, 7) is 13.6. The van der Waals surface area contributed by atoms with Crippen molar-refractivity contribution in [3.05, 3.63) is 214 Å². The summed E-state index contributed by atoms with van der Waals surface area (Å²) in [5.41, 5.74) is 12.3. The summed E-state index contributed by atoms with van der Waals surface area (Å²) in [4.78, 5) is 39.5. The van der Waals surface area contributed by atoms with E-state index in [-0.39, 0.29) is 17.0 Å². The Morgan fingerprint density at radius 1 is 0.341 bits per heavy atom. The first-order valence-corrected chi connectivity index (χ1v) is 36.9. The first kappa shape index (κ1) is 64.0. The lowest BCUT2D eigenvalue weighted by atomic mass is 9.77. The Labute approximate surface area is 545 Å². The van der Waals surface area contributed by atoms with Crippen LogP contribution < -0.4 is 0 Å². The minimum atomic E-state index is -0.103. The smallest absolute Gasteiger partial charge is 0.196 e. The van der Waals surface area contributed by atoms with Crippen molar-refractivity contribution in [1.82, 2.24) is 0 Å². The van der Waals surface area contributed by atoms with Gasteiger partial charge in [-0.3, -0.25) is 9.59 Å². The molecule has 0 aromatic heterocycles. The van der Waals surface area contributed by atoms with Crippen molar-refractivity contribution in [3.8, 4) is 22.3 Å². The summed E-state index contributed by atoms with van der Waals surface area (Å²) >= 11 is 6.32. The van der Waals surface area contributed by atoms with Crippen LogP contribution in [-0.4, -0.2) is 11.6 Å². The van der Waals surface area contributed by atoms with Crippen molar-refractivity contribution in [2.24, 2.45) is 11.8 Å². The van der Waals surface area contributed by atoms with Gasteiger partial charge in [-0.1, -0.05) is 256 Å². The fraction of sp³-hybridized carbons (Fsp3) is 0.390. The minimum Gasteiger partial charge on any atom is -0.288 e. The van der Waals surface area contributed by atoms with Crippen LogP contribution in [0.5, 0.6) is 0 Å². The first-order valence-electron chi connectivity index (χ1n) is 33.7. The lowest BCUT2D eigenvalue weighted by molar-refractivity contribution is 0.0970. The van der Waals surface area contributed by atoms with Crippen molar-refractivity contribution in [1.29, 1.82) is 0 Å². The fourth-order valence-electron chi connectivity index (χ4n) is 13.9. The van der Waals surface area contributed by atoms with E-state index in [1.165, 1.54) is 173 Å². The second-order valence-electron chi connectivity index (χ2n) is 26.6.